The molecule has 0 unspecified atom stereocenters. The summed E-state index contributed by atoms with van der Waals surface area (Å²) in [6.45, 7) is 2.51. The zero-order valence-electron chi connectivity index (χ0n) is 11.2. The molecule has 2 fully saturated rings. The molecule has 6 nitrogen and oxygen atoms in total. The van der Waals surface area contributed by atoms with Crippen molar-refractivity contribution in [2.24, 2.45) is 0 Å². The van der Waals surface area contributed by atoms with Crippen LogP contribution in [0.4, 0.5) is 0 Å². The third-order valence-electron chi connectivity index (χ3n) is 3.68. The fourth-order valence-corrected chi connectivity index (χ4v) is 2.73. The zero-order chi connectivity index (χ0) is 13.8. The predicted octanol–water partition coefficient (Wildman–Crippen LogP) is -0.138. The molecule has 0 aromatic rings. The van der Waals surface area contributed by atoms with Crippen molar-refractivity contribution in [3.05, 3.63) is 0 Å². The van der Waals surface area contributed by atoms with E-state index in [4.69, 9.17) is 4.74 Å². The highest BCUT2D eigenvalue weighted by molar-refractivity contribution is 5.92. The standard InChI is InChI=1S/C13H20N2O4/c1-9(16)19-8-12(17)11-5-3-7-15(11)13(18)10-4-2-6-14-10/h10-11,14H,2-8H2,1H3/t10-,11-/m0/s1. The Kier molecular flexibility index (Phi) is 4.52. The molecule has 2 aliphatic rings. The van der Waals surface area contributed by atoms with E-state index in [9.17, 15) is 14.4 Å². The maximum atomic E-state index is 12.3. The number of amides is 1. The van der Waals surface area contributed by atoms with Gasteiger partial charge >= 0.3 is 5.97 Å². The zero-order valence-corrected chi connectivity index (χ0v) is 11.2. The van der Waals surface area contributed by atoms with Crippen molar-refractivity contribution < 1.29 is 19.1 Å². The third-order valence-corrected chi connectivity index (χ3v) is 3.68. The first kappa shape index (κ1) is 14.0. The number of ketones is 1. The van der Waals surface area contributed by atoms with E-state index in [0.29, 0.717) is 13.0 Å². The number of nitrogens with zero attached hydrogens (tertiary/aromatic N) is 1. The quantitative estimate of drug-likeness (QED) is 0.718. The van der Waals surface area contributed by atoms with Gasteiger partial charge in [-0.25, -0.2) is 0 Å². The van der Waals surface area contributed by atoms with Crippen molar-refractivity contribution in [1.82, 2.24) is 10.2 Å². The predicted molar refractivity (Wildman–Crippen MR) is 67.4 cm³/mol. The molecule has 0 aromatic carbocycles. The van der Waals surface area contributed by atoms with Crippen molar-refractivity contribution in [3.8, 4) is 0 Å². The molecule has 0 spiro atoms. The van der Waals surface area contributed by atoms with Gasteiger partial charge in [0.1, 0.15) is 0 Å². The van der Waals surface area contributed by atoms with Crippen LogP contribution in [0.25, 0.3) is 0 Å². The van der Waals surface area contributed by atoms with Crippen LogP contribution in [0.3, 0.4) is 0 Å². The second-order valence-corrected chi connectivity index (χ2v) is 5.09. The fraction of sp³-hybridized carbons (Fsp3) is 0.769. The number of nitrogens with one attached hydrogen (secondary N) is 1. The van der Waals surface area contributed by atoms with Gasteiger partial charge in [-0.1, -0.05) is 0 Å². The summed E-state index contributed by atoms with van der Waals surface area (Å²) in [5, 5.41) is 3.16. The van der Waals surface area contributed by atoms with Crippen LogP contribution in [-0.4, -0.2) is 54.3 Å². The van der Waals surface area contributed by atoms with Gasteiger partial charge in [0.25, 0.3) is 0 Å². The molecule has 0 aromatic heterocycles. The SMILES string of the molecule is CC(=O)OCC(=O)[C@@H]1CCCN1C(=O)[C@@H]1CCCN1. The highest BCUT2D eigenvalue weighted by atomic mass is 16.5. The Morgan fingerprint density at radius 1 is 1.26 bits per heavy atom. The van der Waals surface area contributed by atoms with Crippen molar-refractivity contribution in [2.45, 2.75) is 44.7 Å². The number of rotatable bonds is 4. The summed E-state index contributed by atoms with van der Waals surface area (Å²) < 4.78 is 4.73. The van der Waals surface area contributed by atoms with Gasteiger partial charge in [0, 0.05) is 13.5 Å². The van der Waals surface area contributed by atoms with Crippen molar-refractivity contribution in [1.29, 1.82) is 0 Å². The molecule has 0 aliphatic carbocycles. The van der Waals surface area contributed by atoms with E-state index in [2.05, 4.69) is 5.32 Å². The van der Waals surface area contributed by atoms with Crippen LogP contribution in [-0.2, 0) is 19.1 Å². The maximum Gasteiger partial charge on any atom is 0.303 e. The van der Waals surface area contributed by atoms with Gasteiger partial charge in [-0.3, -0.25) is 14.4 Å². The van der Waals surface area contributed by atoms with Gasteiger partial charge < -0.3 is 15.0 Å². The second-order valence-electron chi connectivity index (χ2n) is 5.09. The summed E-state index contributed by atoms with van der Waals surface area (Å²) in [6, 6.07) is -0.573. The molecular weight excluding hydrogens is 248 g/mol. The molecule has 6 heteroatoms. The number of hydrogen-bond donors (Lipinski definition) is 1. The van der Waals surface area contributed by atoms with Gasteiger partial charge in [-0.05, 0) is 32.2 Å². The van der Waals surface area contributed by atoms with Gasteiger partial charge in [-0.15, -0.1) is 0 Å². The van der Waals surface area contributed by atoms with E-state index in [1.165, 1.54) is 6.92 Å². The maximum absolute atomic E-state index is 12.3. The van der Waals surface area contributed by atoms with Crippen LogP contribution < -0.4 is 5.32 Å². The number of Topliss-reactive ketones (excluding diaryl/α,β-unsaturated/α-hetero) is 1. The molecule has 0 saturated carbocycles. The van der Waals surface area contributed by atoms with Gasteiger partial charge in [-0.2, -0.15) is 0 Å². The molecule has 2 rings (SSSR count). The molecule has 106 valence electrons. The van der Waals surface area contributed by atoms with Crippen molar-refractivity contribution in [3.63, 3.8) is 0 Å². The molecule has 19 heavy (non-hydrogen) atoms. The number of ether oxygens (including phenoxy) is 1. The van der Waals surface area contributed by atoms with Crippen LogP contribution in [0.15, 0.2) is 0 Å². The number of carbonyl (C=O) groups is 3. The Morgan fingerprint density at radius 2 is 2.05 bits per heavy atom. The molecule has 2 saturated heterocycles. The summed E-state index contributed by atoms with van der Waals surface area (Å²) in [5.74, 6) is -0.642. The first-order chi connectivity index (χ1) is 9.09. The molecule has 0 radical (unpaired) electrons. The van der Waals surface area contributed by atoms with E-state index in [1.807, 2.05) is 0 Å². The molecule has 2 heterocycles. The molecular formula is C13H20N2O4. The average molecular weight is 268 g/mol. The first-order valence-corrected chi connectivity index (χ1v) is 6.79. The number of esters is 1. The van der Waals surface area contributed by atoms with Gasteiger partial charge in [0.15, 0.2) is 12.4 Å². The summed E-state index contributed by atoms with van der Waals surface area (Å²) in [5.41, 5.74) is 0. The van der Waals surface area contributed by atoms with E-state index in [0.717, 1.165) is 25.8 Å². The highest BCUT2D eigenvalue weighted by Crippen LogP contribution is 2.21. The minimum atomic E-state index is -0.471. The smallest absolute Gasteiger partial charge is 0.303 e. The van der Waals surface area contributed by atoms with Crippen molar-refractivity contribution >= 4 is 17.7 Å². The van der Waals surface area contributed by atoms with E-state index < -0.39 is 12.0 Å². The first-order valence-electron chi connectivity index (χ1n) is 6.79. The van der Waals surface area contributed by atoms with Crippen LogP contribution in [0.5, 0.6) is 0 Å². The van der Waals surface area contributed by atoms with Crippen molar-refractivity contribution in [2.75, 3.05) is 19.7 Å². The lowest BCUT2D eigenvalue weighted by molar-refractivity contribution is -0.148. The summed E-state index contributed by atoms with van der Waals surface area (Å²) >= 11 is 0. The number of carbonyl (C=O) groups excluding carboxylic acids is 3. The third kappa shape index (κ3) is 3.32. The van der Waals surface area contributed by atoms with Crippen LogP contribution in [0.2, 0.25) is 0 Å². The Morgan fingerprint density at radius 3 is 2.68 bits per heavy atom. The molecule has 1 amide bonds. The lowest BCUT2D eigenvalue weighted by atomic mass is 10.1. The monoisotopic (exact) mass is 268 g/mol. The van der Waals surface area contributed by atoms with Crippen LogP contribution >= 0.6 is 0 Å². The Labute approximate surface area is 112 Å². The fourth-order valence-electron chi connectivity index (χ4n) is 2.73. The normalized spacial score (nSPS) is 26.5. The number of hydrogen-bond acceptors (Lipinski definition) is 5. The van der Waals surface area contributed by atoms with E-state index in [-0.39, 0.29) is 24.3 Å². The molecule has 1 N–H and O–H groups in total. The average Bonchev–Trinajstić information content (AvgIpc) is 3.05. The Bertz CT molecular complexity index is 377. The highest BCUT2D eigenvalue weighted by Gasteiger charge is 2.37. The minimum absolute atomic E-state index is 0.0103. The summed E-state index contributed by atoms with van der Waals surface area (Å²) in [6.07, 6.45) is 3.32. The van der Waals surface area contributed by atoms with E-state index in [1.54, 1.807) is 4.90 Å². The lowest BCUT2D eigenvalue weighted by Gasteiger charge is -2.26. The van der Waals surface area contributed by atoms with Crippen LogP contribution in [0.1, 0.15) is 32.6 Å². The van der Waals surface area contributed by atoms with Gasteiger partial charge in [0.2, 0.25) is 5.91 Å². The topological polar surface area (TPSA) is 75.7 Å². The van der Waals surface area contributed by atoms with Crippen LogP contribution in [0, 0.1) is 0 Å². The lowest BCUT2D eigenvalue weighted by Crippen LogP contribution is -2.49. The van der Waals surface area contributed by atoms with E-state index >= 15 is 0 Å². The largest absolute Gasteiger partial charge is 0.458 e. The summed E-state index contributed by atoms with van der Waals surface area (Å²) in [4.78, 5) is 36.7. The molecule has 2 aliphatic heterocycles. The summed E-state index contributed by atoms with van der Waals surface area (Å²) in [7, 11) is 0. The molecule has 2 atom stereocenters. The second kappa shape index (κ2) is 6.14. The Hall–Kier alpha value is -1.43. The Balaban J connectivity index is 1.93. The molecule has 0 bridgehead atoms. The minimum Gasteiger partial charge on any atom is -0.458 e. The van der Waals surface area contributed by atoms with Gasteiger partial charge in [0.05, 0.1) is 12.1 Å². The number of likely N-dealkylation sites (tertiary alicyclic amines) is 1.